The molecule has 156 valence electrons. The van der Waals surface area contributed by atoms with Gasteiger partial charge in [-0.3, -0.25) is 4.98 Å². The fourth-order valence-electron chi connectivity index (χ4n) is 3.90. The molecule has 9 nitrogen and oxygen atoms in total. The lowest BCUT2D eigenvalue weighted by molar-refractivity contribution is 0.0624. The second-order valence-corrected chi connectivity index (χ2v) is 7.77. The van der Waals surface area contributed by atoms with Crippen molar-refractivity contribution in [3.63, 3.8) is 0 Å². The van der Waals surface area contributed by atoms with E-state index in [2.05, 4.69) is 32.0 Å². The van der Waals surface area contributed by atoms with Gasteiger partial charge in [-0.15, -0.1) is 5.10 Å². The Morgan fingerprint density at radius 3 is 2.87 bits per heavy atom. The normalized spacial score (nSPS) is 24.4. The number of hydrogen-bond acceptors (Lipinski definition) is 7. The molecule has 10 heteroatoms. The highest BCUT2D eigenvalue weighted by Gasteiger charge is 2.49. The van der Waals surface area contributed by atoms with E-state index in [4.69, 9.17) is 27.0 Å². The van der Waals surface area contributed by atoms with E-state index in [-0.39, 0.29) is 24.3 Å². The third kappa shape index (κ3) is 3.98. The van der Waals surface area contributed by atoms with E-state index in [9.17, 15) is 0 Å². The maximum absolute atomic E-state index is 9.04. The van der Waals surface area contributed by atoms with Crippen LogP contribution in [-0.4, -0.2) is 56.6 Å². The molecule has 4 atom stereocenters. The molecular formula is C21H19N7O2S. The summed E-state index contributed by atoms with van der Waals surface area (Å²) < 4.78 is 13.9. The lowest BCUT2D eigenvalue weighted by Crippen LogP contribution is -2.45. The van der Waals surface area contributed by atoms with Gasteiger partial charge in [-0.2, -0.15) is 5.26 Å². The first-order valence-corrected chi connectivity index (χ1v) is 10.3. The summed E-state index contributed by atoms with van der Waals surface area (Å²) in [6.45, 7) is 0.941. The highest BCUT2D eigenvalue weighted by molar-refractivity contribution is 7.80. The molecule has 31 heavy (non-hydrogen) atoms. The zero-order chi connectivity index (χ0) is 21.2. The number of aromatic nitrogens is 4. The van der Waals surface area contributed by atoms with Gasteiger partial charge >= 0.3 is 0 Å². The number of thiocarbonyl (C=S) groups is 1. The summed E-state index contributed by atoms with van der Waals surface area (Å²) in [7, 11) is 0. The van der Waals surface area contributed by atoms with Crippen molar-refractivity contribution in [1.29, 1.82) is 5.26 Å². The van der Waals surface area contributed by atoms with Gasteiger partial charge in [-0.1, -0.05) is 17.3 Å². The summed E-state index contributed by atoms with van der Waals surface area (Å²) in [4.78, 5) is 4.32. The average molecular weight is 433 g/mol. The van der Waals surface area contributed by atoms with Crippen LogP contribution >= 0.6 is 12.2 Å². The number of anilines is 1. The van der Waals surface area contributed by atoms with Crippen LogP contribution in [0.1, 0.15) is 11.6 Å². The van der Waals surface area contributed by atoms with E-state index in [1.165, 1.54) is 0 Å². The minimum Gasteiger partial charge on any atom is -0.371 e. The minimum atomic E-state index is -0.155. The van der Waals surface area contributed by atoms with Gasteiger partial charge in [-0.05, 0) is 42.5 Å². The van der Waals surface area contributed by atoms with E-state index in [1.807, 2.05) is 30.5 Å². The minimum absolute atomic E-state index is 0.0735. The van der Waals surface area contributed by atoms with Crippen molar-refractivity contribution in [2.45, 2.75) is 24.3 Å². The van der Waals surface area contributed by atoms with Crippen molar-refractivity contribution in [1.82, 2.24) is 25.3 Å². The van der Waals surface area contributed by atoms with Crippen molar-refractivity contribution in [2.24, 2.45) is 0 Å². The third-order valence-corrected chi connectivity index (χ3v) is 5.59. The molecule has 4 heterocycles. The van der Waals surface area contributed by atoms with Gasteiger partial charge < -0.3 is 20.1 Å². The van der Waals surface area contributed by atoms with Crippen LogP contribution in [0, 0.1) is 11.3 Å². The van der Waals surface area contributed by atoms with Crippen LogP contribution in [0.15, 0.2) is 54.9 Å². The molecule has 2 aliphatic rings. The standard InChI is InChI=1S/C21H19N7O2S/c22-9-13-4-3-5-14(8-13)24-21(31)25-17-11-29-20-18(12-30-19(17)20)28-10-16(26-27-28)15-6-1-2-7-23-15/h1-8,10,17-20H,11-12H2,(H2,24,25,31)/t17-,18+,19-,20+/m0/s1. The largest absolute Gasteiger partial charge is 0.371 e. The number of pyridine rings is 1. The molecule has 0 amide bonds. The Morgan fingerprint density at radius 1 is 1.13 bits per heavy atom. The molecule has 2 aliphatic heterocycles. The quantitative estimate of drug-likeness (QED) is 0.596. The number of hydrogen-bond donors (Lipinski definition) is 2. The second kappa shape index (κ2) is 8.39. The van der Waals surface area contributed by atoms with Crippen LogP contribution in [0.25, 0.3) is 11.4 Å². The van der Waals surface area contributed by atoms with Crippen LogP contribution in [0.2, 0.25) is 0 Å². The maximum atomic E-state index is 9.04. The number of benzene rings is 1. The van der Waals surface area contributed by atoms with Crippen molar-refractivity contribution in [2.75, 3.05) is 18.5 Å². The first kappa shape index (κ1) is 19.6. The molecular weight excluding hydrogens is 414 g/mol. The van der Waals surface area contributed by atoms with E-state index >= 15 is 0 Å². The van der Waals surface area contributed by atoms with Crippen molar-refractivity contribution in [3.05, 3.63) is 60.4 Å². The zero-order valence-corrected chi connectivity index (χ0v) is 17.2. The van der Waals surface area contributed by atoms with Crippen molar-refractivity contribution < 1.29 is 9.47 Å². The predicted octanol–water partition coefficient (Wildman–Crippen LogP) is 1.91. The zero-order valence-electron chi connectivity index (χ0n) is 16.4. The van der Waals surface area contributed by atoms with Gasteiger partial charge in [0.15, 0.2) is 5.11 Å². The highest BCUT2D eigenvalue weighted by Crippen LogP contribution is 2.34. The Kier molecular flexibility index (Phi) is 5.30. The number of nitriles is 1. The van der Waals surface area contributed by atoms with Gasteiger partial charge in [-0.25, -0.2) is 4.68 Å². The second-order valence-electron chi connectivity index (χ2n) is 7.36. The number of ether oxygens (including phenoxy) is 2. The molecule has 5 rings (SSSR count). The summed E-state index contributed by atoms with van der Waals surface area (Å²) >= 11 is 5.44. The van der Waals surface area contributed by atoms with E-state index in [1.54, 1.807) is 29.1 Å². The highest BCUT2D eigenvalue weighted by atomic mass is 32.1. The SMILES string of the molecule is N#Cc1cccc(NC(=S)N[C@H]2CO[C@H]3[C@H]2OC[C@H]3n2cc(-c3ccccn3)nn2)c1. The van der Waals surface area contributed by atoms with Crippen molar-refractivity contribution >= 4 is 23.0 Å². The van der Waals surface area contributed by atoms with E-state index < -0.39 is 0 Å². The van der Waals surface area contributed by atoms with Crippen LogP contribution < -0.4 is 10.6 Å². The summed E-state index contributed by atoms with van der Waals surface area (Å²) in [5.74, 6) is 0. The number of nitrogens with one attached hydrogen (secondary N) is 2. The number of fused-ring (bicyclic) bond motifs is 1. The maximum Gasteiger partial charge on any atom is 0.171 e. The Labute approximate surface area is 184 Å². The molecule has 0 unspecified atom stereocenters. The molecule has 2 saturated heterocycles. The Balaban J connectivity index is 1.22. The Bertz CT molecular complexity index is 1130. The van der Waals surface area contributed by atoms with Crippen molar-refractivity contribution in [3.8, 4) is 17.5 Å². The van der Waals surface area contributed by atoms with E-state index in [0.29, 0.717) is 29.6 Å². The molecule has 3 aromatic rings. The number of rotatable bonds is 4. The van der Waals surface area contributed by atoms with E-state index in [0.717, 1.165) is 11.4 Å². The monoisotopic (exact) mass is 433 g/mol. The first-order chi connectivity index (χ1) is 15.2. The van der Waals surface area contributed by atoms with Gasteiger partial charge in [0.05, 0.1) is 42.8 Å². The van der Waals surface area contributed by atoms with Crippen LogP contribution in [-0.2, 0) is 9.47 Å². The molecule has 0 aliphatic carbocycles. The summed E-state index contributed by atoms with van der Waals surface area (Å²) in [6.07, 6.45) is 3.29. The summed E-state index contributed by atoms with van der Waals surface area (Å²) in [5.41, 5.74) is 2.80. The summed E-state index contributed by atoms with van der Waals surface area (Å²) in [5, 5.41) is 24.4. The predicted molar refractivity (Wildman–Crippen MR) is 116 cm³/mol. The van der Waals surface area contributed by atoms with Crippen LogP contribution in [0.3, 0.4) is 0 Å². The Morgan fingerprint density at radius 2 is 2.03 bits per heavy atom. The molecule has 2 N–H and O–H groups in total. The summed E-state index contributed by atoms with van der Waals surface area (Å²) in [6, 6.07) is 14.8. The van der Waals surface area contributed by atoms with Gasteiger partial charge in [0.1, 0.15) is 23.9 Å². The number of nitrogens with zero attached hydrogens (tertiary/aromatic N) is 5. The van der Waals surface area contributed by atoms with Gasteiger partial charge in [0.2, 0.25) is 0 Å². The van der Waals surface area contributed by atoms with Crippen LogP contribution in [0.5, 0.6) is 0 Å². The molecule has 1 aromatic carbocycles. The average Bonchev–Trinajstić information content (AvgIpc) is 3.52. The molecule has 0 radical (unpaired) electrons. The Hall–Kier alpha value is -3.39. The molecule has 2 aromatic heterocycles. The first-order valence-electron chi connectivity index (χ1n) is 9.85. The molecule has 2 fully saturated rings. The topological polar surface area (TPSA) is 110 Å². The fraction of sp³-hybridized carbons (Fsp3) is 0.286. The molecule has 0 spiro atoms. The lowest BCUT2D eigenvalue weighted by Gasteiger charge is -2.20. The third-order valence-electron chi connectivity index (χ3n) is 5.37. The lowest BCUT2D eigenvalue weighted by atomic mass is 10.1. The van der Waals surface area contributed by atoms with Gasteiger partial charge in [0, 0.05) is 11.9 Å². The smallest absolute Gasteiger partial charge is 0.171 e. The van der Waals surface area contributed by atoms with Gasteiger partial charge in [0.25, 0.3) is 0 Å². The van der Waals surface area contributed by atoms with Crippen LogP contribution in [0.4, 0.5) is 5.69 Å². The molecule has 0 saturated carbocycles. The molecule has 0 bridgehead atoms. The fourth-order valence-corrected chi connectivity index (χ4v) is 4.17.